The van der Waals surface area contributed by atoms with Gasteiger partial charge in [0.15, 0.2) is 0 Å². The van der Waals surface area contributed by atoms with E-state index in [1.54, 1.807) is 0 Å². The van der Waals surface area contributed by atoms with E-state index in [-0.39, 0.29) is 6.10 Å². The van der Waals surface area contributed by atoms with Crippen molar-refractivity contribution in [1.82, 2.24) is 4.90 Å². The quantitative estimate of drug-likeness (QED) is 0.891. The van der Waals surface area contributed by atoms with Crippen LogP contribution in [0.1, 0.15) is 19.4 Å². The minimum atomic E-state index is -0.430. The Hall–Kier alpha value is -2.33. The fraction of sp³-hybridized carbons (Fsp3) is 0.316. The van der Waals surface area contributed by atoms with Crippen LogP contribution in [-0.2, 0) is 11.3 Å². The van der Waals surface area contributed by atoms with Crippen LogP contribution in [0.3, 0.4) is 0 Å². The maximum atomic E-state index is 11.6. The Bertz CT molecular complexity index is 649. The summed E-state index contributed by atoms with van der Waals surface area (Å²) in [6.07, 6.45) is -0.561. The summed E-state index contributed by atoms with van der Waals surface area (Å²) >= 11 is 0. The average Bonchev–Trinajstić information content (AvgIpc) is 2.46. The topological polar surface area (TPSA) is 41.6 Å². The van der Waals surface area contributed by atoms with Crippen molar-refractivity contribution in [1.29, 1.82) is 0 Å². The maximum Gasteiger partial charge on any atom is 0.411 e. The molecule has 0 aliphatic rings. The number of nitrogens with one attached hydrogen (secondary N) is 1. The van der Waals surface area contributed by atoms with E-state index in [0.717, 1.165) is 17.8 Å². The van der Waals surface area contributed by atoms with Gasteiger partial charge in [-0.3, -0.25) is 5.32 Å². The number of anilines is 1. The molecule has 23 heavy (non-hydrogen) atoms. The molecule has 0 aromatic heterocycles. The molecule has 0 saturated carbocycles. The van der Waals surface area contributed by atoms with Gasteiger partial charge in [0, 0.05) is 12.2 Å². The van der Waals surface area contributed by atoms with Gasteiger partial charge in [-0.05, 0) is 62.8 Å². The number of carbonyl (C=O) groups is 1. The number of nitrogens with zero attached hydrogens (tertiary/aromatic N) is 1. The third-order valence-electron chi connectivity index (χ3n) is 3.23. The molecule has 0 bridgehead atoms. The summed E-state index contributed by atoms with van der Waals surface area (Å²) in [5.41, 5.74) is 4.29. The summed E-state index contributed by atoms with van der Waals surface area (Å²) in [6, 6.07) is 16.2. The summed E-state index contributed by atoms with van der Waals surface area (Å²) < 4.78 is 5.07. The van der Waals surface area contributed by atoms with E-state index in [1.807, 2.05) is 38.1 Å². The van der Waals surface area contributed by atoms with Crippen molar-refractivity contribution < 1.29 is 9.53 Å². The van der Waals surface area contributed by atoms with Crippen LogP contribution in [0, 0.1) is 0 Å². The zero-order chi connectivity index (χ0) is 16.8. The van der Waals surface area contributed by atoms with E-state index in [1.165, 1.54) is 11.1 Å². The zero-order valence-electron chi connectivity index (χ0n) is 14.2. The molecule has 1 amide bonds. The minimum Gasteiger partial charge on any atom is -0.447 e. The van der Waals surface area contributed by atoms with Gasteiger partial charge in [0.1, 0.15) is 0 Å². The van der Waals surface area contributed by atoms with Gasteiger partial charge in [0.2, 0.25) is 0 Å². The van der Waals surface area contributed by atoms with Crippen LogP contribution >= 0.6 is 0 Å². The Labute approximate surface area is 138 Å². The lowest BCUT2D eigenvalue weighted by atomic mass is 10.0. The Kier molecular flexibility index (Phi) is 5.77. The maximum absolute atomic E-state index is 11.6. The van der Waals surface area contributed by atoms with Crippen molar-refractivity contribution in [2.45, 2.75) is 26.5 Å². The fourth-order valence-electron chi connectivity index (χ4n) is 2.32. The Balaban J connectivity index is 2.09. The second-order valence-electron chi connectivity index (χ2n) is 6.09. The van der Waals surface area contributed by atoms with Crippen molar-refractivity contribution in [3.8, 4) is 11.1 Å². The molecule has 4 heteroatoms. The van der Waals surface area contributed by atoms with E-state index in [2.05, 4.69) is 48.6 Å². The van der Waals surface area contributed by atoms with Crippen molar-refractivity contribution in [3.63, 3.8) is 0 Å². The van der Waals surface area contributed by atoms with Crippen molar-refractivity contribution in [2.24, 2.45) is 0 Å². The first kappa shape index (κ1) is 17.0. The number of hydrogen-bond acceptors (Lipinski definition) is 3. The molecule has 0 saturated heterocycles. The van der Waals surface area contributed by atoms with E-state index >= 15 is 0 Å². The Morgan fingerprint density at radius 2 is 1.78 bits per heavy atom. The second-order valence-corrected chi connectivity index (χ2v) is 6.09. The first-order valence-corrected chi connectivity index (χ1v) is 7.76. The van der Waals surface area contributed by atoms with Gasteiger partial charge >= 0.3 is 6.09 Å². The minimum absolute atomic E-state index is 0.131. The third kappa shape index (κ3) is 5.42. The van der Waals surface area contributed by atoms with Crippen molar-refractivity contribution in [2.75, 3.05) is 19.4 Å². The van der Waals surface area contributed by atoms with E-state index in [9.17, 15) is 4.79 Å². The summed E-state index contributed by atoms with van der Waals surface area (Å²) in [5, 5.41) is 2.72. The van der Waals surface area contributed by atoms with Crippen LogP contribution < -0.4 is 5.32 Å². The highest BCUT2D eigenvalue weighted by atomic mass is 16.6. The molecule has 2 aromatic rings. The smallest absolute Gasteiger partial charge is 0.411 e. The average molecular weight is 312 g/mol. The SMILES string of the molecule is CC(C)OC(=O)Nc1ccc(-c2cccc(CN(C)C)c2)cc1. The molecular weight excluding hydrogens is 288 g/mol. The molecule has 4 nitrogen and oxygen atoms in total. The fourth-order valence-corrected chi connectivity index (χ4v) is 2.32. The number of rotatable bonds is 5. The molecule has 1 N–H and O–H groups in total. The Morgan fingerprint density at radius 1 is 1.09 bits per heavy atom. The lowest BCUT2D eigenvalue weighted by Gasteiger charge is -2.12. The van der Waals surface area contributed by atoms with Crippen LogP contribution in [0.4, 0.5) is 10.5 Å². The Morgan fingerprint density at radius 3 is 2.39 bits per heavy atom. The number of ether oxygens (including phenoxy) is 1. The summed E-state index contributed by atoms with van der Waals surface area (Å²) in [6.45, 7) is 4.56. The predicted molar refractivity (Wildman–Crippen MR) is 94.5 cm³/mol. The lowest BCUT2D eigenvalue weighted by molar-refractivity contribution is 0.130. The van der Waals surface area contributed by atoms with Gasteiger partial charge in [-0.15, -0.1) is 0 Å². The lowest BCUT2D eigenvalue weighted by Crippen LogP contribution is -2.17. The number of hydrogen-bond donors (Lipinski definition) is 1. The van der Waals surface area contributed by atoms with E-state index in [4.69, 9.17) is 4.74 Å². The molecule has 0 unspecified atom stereocenters. The van der Waals surface area contributed by atoms with Gasteiger partial charge in [-0.2, -0.15) is 0 Å². The van der Waals surface area contributed by atoms with E-state index in [0.29, 0.717) is 0 Å². The predicted octanol–water partition coefficient (Wildman–Crippen LogP) is 4.37. The standard InChI is InChI=1S/C19H24N2O2/c1-14(2)23-19(22)20-18-10-8-16(9-11-18)17-7-5-6-15(12-17)13-21(3)4/h5-12,14H,13H2,1-4H3,(H,20,22). The number of benzene rings is 2. The van der Waals surface area contributed by atoms with Crippen molar-refractivity contribution >= 4 is 11.8 Å². The van der Waals surface area contributed by atoms with Crippen molar-refractivity contribution in [3.05, 3.63) is 54.1 Å². The van der Waals surface area contributed by atoms with Gasteiger partial charge in [-0.25, -0.2) is 4.79 Å². The highest BCUT2D eigenvalue weighted by Gasteiger charge is 2.06. The monoisotopic (exact) mass is 312 g/mol. The van der Waals surface area contributed by atoms with Gasteiger partial charge in [-0.1, -0.05) is 30.3 Å². The van der Waals surface area contributed by atoms with Crippen LogP contribution in [-0.4, -0.2) is 31.2 Å². The molecule has 0 fully saturated rings. The summed E-state index contributed by atoms with van der Waals surface area (Å²) in [4.78, 5) is 13.7. The van der Waals surface area contributed by atoms with Crippen LogP contribution in [0.5, 0.6) is 0 Å². The molecule has 0 aliphatic heterocycles. The molecular formula is C19H24N2O2. The van der Waals surface area contributed by atoms with Gasteiger partial charge in [0.05, 0.1) is 6.10 Å². The molecule has 2 rings (SSSR count). The van der Waals surface area contributed by atoms with E-state index < -0.39 is 6.09 Å². The molecule has 0 heterocycles. The molecule has 0 atom stereocenters. The number of amides is 1. The normalized spacial score (nSPS) is 10.9. The van der Waals surface area contributed by atoms with Crippen LogP contribution in [0.25, 0.3) is 11.1 Å². The molecule has 2 aromatic carbocycles. The van der Waals surface area contributed by atoms with Crippen LogP contribution in [0.15, 0.2) is 48.5 Å². The largest absolute Gasteiger partial charge is 0.447 e. The third-order valence-corrected chi connectivity index (χ3v) is 3.23. The first-order valence-electron chi connectivity index (χ1n) is 7.76. The van der Waals surface area contributed by atoms with Crippen LogP contribution in [0.2, 0.25) is 0 Å². The second kappa shape index (κ2) is 7.79. The summed E-state index contributed by atoms with van der Waals surface area (Å²) in [5.74, 6) is 0. The first-order chi connectivity index (χ1) is 10.9. The molecule has 0 spiro atoms. The molecule has 122 valence electrons. The van der Waals surface area contributed by atoms with Gasteiger partial charge in [0.25, 0.3) is 0 Å². The highest BCUT2D eigenvalue weighted by Crippen LogP contribution is 2.23. The molecule has 0 radical (unpaired) electrons. The number of carbonyl (C=O) groups excluding carboxylic acids is 1. The molecule has 0 aliphatic carbocycles. The summed E-state index contributed by atoms with van der Waals surface area (Å²) in [7, 11) is 4.12. The highest BCUT2D eigenvalue weighted by molar-refractivity contribution is 5.85. The zero-order valence-corrected chi connectivity index (χ0v) is 14.2. The van der Waals surface area contributed by atoms with Gasteiger partial charge < -0.3 is 9.64 Å².